The van der Waals surface area contributed by atoms with Crippen molar-refractivity contribution in [3.63, 3.8) is 0 Å². The number of nitrogens with two attached hydrogens (primary N) is 1. The summed E-state index contributed by atoms with van der Waals surface area (Å²) in [7, 11) is 1.51. The molecule has 0 bridgehead atoms. The van der Waals surface area contributed by atoms with Gasteiger partial charge in [0.15, 0.2) is 0 Å². The van der Waals surface area contributed by atoms with Gasteiger partial charge in [-0.25, -0.2) is 0 Å². The van der Waals surface area contributed by atoms with Crippen molar-refractivity contribution in [2.75, 3.05) is 7.11 Å². The molecule has 0 amide bonds. The second kappa shape index (κ2) is 5.86. The monoisotopic (exact) mass is 286 g/mol. The number of aromatic hydroxyl groups is 1. The van der Waals surface area contributed by atoms with Gasteiger partial charge >= 0.3 is 0 Å². The molecule has 0 aliphatic rings. The number of phenolic OH excluding ortho intramolecular Hbond substituents is 1. The Morgan fingerprint density at radius 2 is 2.25 bits per heavy atom. The fraction of sp³-hybridized carbons (Fsp3) is 0.364. The second-order valence-electron chi connectivity index (χ2n) is 3.24. The third kappa shape index (κ3) is 2.74. The van der Waals surface area contributed by atoms with Gasteiger partial charge in [0.05, 0.1) is 10.2 Å². The van der Waals surface area contributed by atoms with Crippen LogP contribution in [0.15, 0.2) is 21.8 Å². The van der Waals surface area contributed by atoms with Gasteiger partial charge in [-0.2, -0.15) is 0 Å². The molecule has 0 aliphatic heterocycles. The van der Waals surface area contributed by atoms with E-state index in [-0.39, 0.29) is 12.3 Å². The lowest BCUT2D eigenvalue weighted by molar-refractivity contribution is 0.213. The van der Waals surface area contributed by atoms with E-state index in [0.29, 0.717) is 10.0 Å². The summed E-state index contributed by atoms with van der Waals surface area (Å²) in [6.45, 7) is 2.27. The predicted molar refractivity (Wildman–Crippen MR) is 67.5 cm³/mol. The molecule has 0 aliphatic carbocycles. The highest BCUT2D eigenvalue weighted by Gasteiger charge is 2.10. The summed E-state index contributed by atoms with van der Waals surface area (Å²) >= 11 is 3.28. The normalized spacial score (nSPS) is 11.6. The van der Waals surface area contributed by atoms with E-state index in [4.69, 9.17) is 10.6 Å². The molecule has 0 radical (unpaired) electrons. The quantitative estimate of drug-likeness (QED) is 0.660. The second-order valence-corrected chi connectivity index (χ2v) is 4.10. The highest BCUT2D eigenvalue weighted by atomic mass is 79.9. The first-order valence-electron chi connectivity index (χ1n) is 4.95. The Hall–Kier alpha value is -1.07. The molecule has 5 heteroatoms. The zero-order valence-corrected chi connectivity index (χ0v) is 10.9. The number of nitrogens with zero attached hydrogens (tertiary/aromatic N) is 1. The smallest absolute Gasteiger partial charge is 0.134 e. The van der Waals surface area contributed by atoms with Crippen LogP contribution in [0.25, 0.3) is 0 Å². The SMILES string of the molecule is CCC(=NOC)c1cc(Br)c(O)c(CN)c1. The molecule has 1 aromatic rings. The number of benzene rings is 1. The van der Waals surface area contributed by atoms with Crippen molar-refractivity contribution in [3.05, 3.63) is 27.7 Å². The Labute approximate surface area is 103 Å². The molecule has 0 saturated heterocycles. The van der Waals surface area contributed by atoms with Gasteiger partial charge < -0.3 is 15.7 Å². The van der Waals surface area contributed by atoms with Crippen molar-refractivity contribution < 1.29 is 9.94 Å². The molecule has 3 N–H and O–H groups in total. The van der Waals surface area contributed by atoms with Crippen LogP contribution < -0.4 is 5.73 Å². The minimum Gasteiger partial charge on any atom is -0.506 e. The van der Waals surface area contributed by atoms with Crippen LogP contribution in [-0.4, -0.2) is 17.9 Å². The molecule has 0 aromatic heterocycles. The number of rotatable bonds is 4. The van der Waals surface area contributed by atoms with Gasteiger partial charge in [0.2, 0.25) is 0 Å². The standard InChI is InChI=1S/C11H15BrN2O2/c1-3-10(14-16-2)7-4-8(6-13)11(15)9(12)5-7/h4-5,15H,3,6,13H2,1-2H3. The summed E-state index contributed by atoms with van der Waals surface area (Å²) in [5, 5.41) is 13.6. The van der Waals surface area contributed by atoms with Crippen LogP contribution in [0.4, 0.5) is 0 Å². The zero-order valence-electron chi connectivity index (χ0n) is 9.33. The third-order valence-corrected chi connectivity index (χ3v) is 2.84. The van der Waals surface area contributed by atoms with Gasteiger partial charge in [0.25, 0.3) is 0 Å². The van der Waals surface area contributed by atoms with E-state index in [2.05, 4.69) is 21.1 Å². The summed E-state index contributed by atoms with van der Waals surface area (Å²) < 4.78 is 0.614. The first-order valence-corrected chi connectivity index (χ1v) is 5.75. The van der Waals surface area contributed by atoms with Gasteiger partial charge in [-0.05, 0) is 34.5 Å². The van der Waals surface area contributed by atoms with Crippen LogP contribution in [-0.2, 0) is 11.4 Å². The topological polar surface area (TPSA) is 67.8 Å². The average molecular weight is 287 g/mol. The van der Waals surface area contributed by atoms with E-state index in [0.717, 1.165) is 17.7 Å². The van der Waals surface area contributed by atoms with E-state index in [1.807, 2.05) is 13.0 Å². The maximum absolute atomic E-state index is 9.71. The molecule has 1 aromatic carbocycles. The van der Waals surface area contributed by atoms with Crippen LogP contribution in [0.2, 0.25) is 0 Å². The summed E-state index contributed by atoms with van der Waals surface area (Å²) in [5.41, 5.74) is 7.95. The lowest BCUT2D eigenvalue weighted by Crippen LogP contribution is -2.04. The highest BCUT2D eigenvalue weighted by Crippen LogP contribution is 2.29. The third-order valence-electron chi connectivity index (χ3n) is 2.23. The molecular weight excluding hydrogens is 272 g/mol. The number of halogens is 1. The molecule has 0 saturated carbocycles. The van der Waals surface area contributed by atoms with Crippen LogP contribution in [0, 0.1) is 0 Å². The molecule has 4 nitrogen and oxygen atoms in total. The Balaban J connectivity index is 3.24. The minimum absolute atomic E-state index is 0.180. The van der Waals surface area contributed by atoms with Crippen molar-refractivity contribution in [2.45, 2.75) is 19.9 Å². The fourth-order valence-electron chi connectivity index (χ4n) is 1.41. The van der Waals surface area contributed by atoms with Gasteiger partial charge in [-0.1, -0.05) is 12.1 Å². The number of hydrogen-bond donors (Lipinski definition) is 2. The zero-order chi connectivity index (χ0) is 12.1. The molecule has 0 spiro atoms. The molecule has 88 valence electrons. The van der Waals surface area contributed by atoms with Crippen LogP contribution in [0.3, 0.4) is 0 Å². The van der Waals surface area contributed by atoms with Gasteiger partial charge in [-0.3, -0.25) is 0 Å². The van der Waals surface area contributed by atoms with E-state index in [1.54, 1.807) is 6.07 Å². The van der Waals surface area contributed by atoms with E-state index in [9.17, 15) is 5.11 Å². The van der Waals surface area contributed by atoms with Crippen molar-refractivity contribution in [3.8, 4) is 5.75 Å². The maximum Gasteiger partial charge on any atom is 0.134 e. The molecule has 16 heavy (non-hydrogen) atoms. The summed E-state index contributed by atoms with van der Waals surface area (Å²) in [4.78, 5) is 4.77. The molecule has 0 fully saturated rings. The Kier molecular flexibility index (Phi) is 4.76. The number of hydrogen-bond acceptors (Lipinski definition) is 4. The predicted octanol–water partition coefficient (Wildman–Crippen LogP) is 2.37. The van der Waals surface area contributed by atoms with E-state index >= 15 is 0 Å². The molecule has 1 rings (SSSR count). The summed E-state index contributed by atoms with van der Waals surface area (Å²) in [6.07, 6.45) is 0.745. The molecule has 0 heterocycles. The van der Waals surface area contributed by atoms with Crippen molar-refractivity contribution in [1.29, 1.82) is 0 Å². The Morgan fingerprint density at radius 1 is 1.56 bits per heavy atom. The first kappa shape index (κ1) is 13.0. The molecular formula is C11H15BrN2O2. The van der Waals surface area contributed by atoms with Crippen molar-refractivity contribution in [2.24, 2.45) is 10.9 Å². The van der Waals surface area contributed by atoms with Gasteiger partial charge in [-0.15, -0.1) is 0 Å². The van der Waals surface area contributed by atoms with Gasteiger partial charge in [0.1, 0.15) is 12.9 Å². The summed E-state index contributed by atoms with van der Waals surface area (Å²) in [6, 6.07) is 3.62. The molecule has 0 unspecified atom stereocenters. The first-order chi connectivity index (χ1) is 7.63. The van der Waals surface area contributed by atoms with Crippen molar-refractivity contribution >= 4 is 21.6 Å². The maximum atomic E-state index is 9.71. The van der Waals surface area contributed by atoms with Gasteiger partial charge in [0, 0.05) is 17.7 Å². The largest absolute Gasteiger partial charge is 0.506 e. The van der Waals surface area contributed by atoms with Crippen molar-refractivity contribution in [1.82, 2.24) is 0 Å². The highest BCUT2D eigenvalue weighted by molar-refractivity contribution is 9.10. The number of oxime groups is 1. The van der Waals surface area contributed by atoms with E-state index < -0.39 is 0 Å². The Morgan fingerprint density at radius 3 is 2.75 bits per heavy atom. The van der Waals surface area contributed by atoms with Crippen LogP contribution >= 0.6 is 15.9 Å². The Bertz CT molecular complexity index is 405. The lowest BCUT2D eigenvalue weighted by Gasteiger charge is -2.09. The average Bonchev–Trinajstić information content (AvgIpc) is 2.29. The van der Waals surface area contributed by atoms with E-state index in [1.165, 1.54) is 7.11 Å². The fourth-order valence-corrected chi connectivity index (χ4v) is 1.91. The lowest BCUT2D eigenvalue weighted by atomic mass is 10.0. The van der Waals surface area contributed by atoms with Crippen LogP contribution in [0.5, 0.6) is 5.75 Å². The molecule has 0 atom stereocenters. The summed E-state index contributed by atoms with van der Waals surface area (Å²) in [5.74, 6) is 0.180. The van der Waals surface area contributed by atoms with Crippen LogP contribution in [0.1, 0.15) is 24.5 Å². The minimum atomic E-state index is 0.180. The number of phenols is 1.